The third-order valence-electron chi connectivity index (χ3n) is 3.76. The van der Waals surface area contributed by atoms with Gasteiger partial charge in [-0.15, -0.1) is 0 Å². The second kappa shape index (κ2) is 7.61. The van der Waals surface area contributed by atoms with Gasteiger partial charge in [-0.1, -0.05) is 42.0 Å². The third-order valence-corrected chi connectivity index (χ3v) is 4.89. The van der Waals surface area contributed by atoms with Crippen LogP contribution in [-0.2, 0) is 19.4 Å². The van der Waals surface area contributed by atoms with Crippen LogP contribution in [0, 0.1) is 6.92 Å². The van der Waals surface area contributed by atoms with Gasteiger partial charge in [0.15, 0.2) is 15.6 Å². The van der Waals surface area contributed by atoms with Crippen LogP contribution in [0.2, 0.25) is 0 Å². The molecular weight excluding hydrogens is 340 g/mol. The molecule has 0 bridgehead atoms. The summed E-state index contributed by atoms with van der Waals surface area (Å²) in [5, 5.41) is 0. The number of carbonyl (C=O) groups is 2. The van der Waals surface area contributed by atoms with E-state index in [4.69, 9.17) is 4.74 Å². The minimum Gasteiger partial charge on any atom is -0.465 e. The molecule has 2 rings (SSSR count). The third kappa shape index (κ3) is 4.54. The maximum Gasteiger partial charge on any atom is 0.321 e. The summed E-state index contributed by atoms with van der Waals surface area (Å²) in [6.45, 7) is 3.76. The predicted octanol–water partition coefficient (Wildman–Crippen LogP) is 2.93. The maximum atomic E-state index is 12.9. The van der Waals surface area contributed by atoms with Gasteiger partial charge < -0.3 is 4.74 Å². The smallest absolute Gasteiger partial charge is 0.321 e. The average Bonchev–Trinajstić information content (AvgIpc) is 2.56. The number of hydrogen-bond acceptors (Lipinski definition) is 5. The molecule has 0 fully saturated rings. The van der Waals surface area contributed by atoms with Gasteiger partial charge in [-0.25, -0.2) is 8.42 Å². The Kier molecular flexibility index (Phi) is 5.74. The van der Waals surface area contributed by atoms with Crippen LogP contribution in [0.5, 0.6) is 0 Å². The molecule has 25 heavy (non-hydrogen) atoms. The van der Waals surface area contributed by atoms with Crippen LogP contribution < -0.4 is 0 Å². The van der Waals surface area contributed by atoms with Crippen molar-refractivity contribution in [1.29, 1.82) is 0 Å². The van der Waals surface area contributed by atoms with E-state index in [2.05, 4.69) is 0 Å². The molecule has 0 aliphatic heterocycles. The Labute approximate surface area is 147 Å². The quantitative estimate of drug-likeness (QED) is 0.450. The fraction of sp³-hybridized carbons (Fsp3) is 0.263. The van der Waals surface area contributed by atoms with E-state index in [-0.39, 0.29) is 17.1 Å². The number of rotatable bonds is 6. The summed E-state index contributed by atoms with van der Waals surface area (Å²) in [4.78, 5) is 25.3. The maximum absolute atomic E-state index is 12.9. The van der Waals surface area contributed by atoms with Crippen molar-refractivity contribution in [3.8, 4) is 0 Å². The molecule has 0 aliphatic carbocycles. The zero-order valence-electron chi connectivity index (χ0n) is 14.4. The summed E-state index contributed by atoms with van der Waals surface area (Å²) in [5.74, 6) is -2.13. The molecule has 1 unspecified atom stereocenters. The molecule has 0 saturated heterocycles. The fourth-order valence-electron chi connectivity index (χ4n) is 2.41. The Morgan fingerprint density at radius 1 is 1.00 bits per heavy atom. The van der Waals surface area contributed by atoms with Gasteiger partial charge in [-0.3, -0.25) is 9.59 Å². The van der Waals surface area contributed by atoms with Gasteiger partial charge in [0, 0.05) is 11.8 Å². The monoisotopic (exact) mass is 360 g/mol. The largest absolute Gasteiger partial charge is 0.465 e. The second-order valence-electron chi connectivity index (χ2n) is 5.76. The van der Waals surface area contributed by atoms with Crippen molar-refractivity contribution in [3.63, 3.8) is 0 Å². The molecule has 0 aliphatic rings. The van der Waals surface area contributed by atoms with Crippen molar-refractivity contribution in [1.82, 2.24) is 0 Å². The molecule has 5 nitrogen and oxygen atoms in total. The number of sulfone groups is 1. The molecule has 0 N–H and O–H groups in total. The van der Waals surface area contributed by atoms with Gasteiger partial charge in [0.25, 0.3) is 0 Å². The van der Waals surface area contributed by atoms with Crippen LogP contribution in [-0.4, -0.2) is 33.0 Å². The topological polar surface area (TPSA) is 77.5 Å². The highest BCUT2D eigenvalue weighted by molar-refractivity contribution is 7.90. The molecule has 0 radical (unpaired) electrons. The molecule has 0 aromatic heterocycles. The molecule has 0 saturated carbocycles. The van der Waals surface area contributed by atoms with Crippen LogP contribution >= 0.6 is 0 Å². The molecule has 6 heteroatoms. The van der Waals surface area contributed by atoms with Gasteiger partial charge >= 0.3 is 5.97 Å². The summed E-state index contributed by atoms with van der Waals surface area (Å²) in [5.41, 5.74) is 1.81. The van der Waals surface area contributed by atoms with Gasteiger partial charge in [0.1, 0.15) is 5.92 Å². The highest BCUT2D eigenvalue weighted by Crippen LogP contribution is 2.24. The number of esters is 1. The number of ketones is 1. The Morgan fingerprint density at radius 2 is 1.56 bits per heavy atom. The molecule has 0 heterocycles. The van der Waals surface area contributed by atoms with Crippen LogP contribution in [0.1, 0.15) is 34.3 Å². The van der Waals surface area contributed by atoms with Crippen molar-refractivity contribution in [2.75, 3.05) is 12.9 Å². The highest BCUT2D eigenvalue weighted by Gasteiger charge is 2.30. The zero-order chi connectivity index (χ0) is 18.6. The van der Waals surface area contributed by atoms with E-state index in [0.717, 1.165) is 11.8 Å². The molecular formula is C19H20O5S. The number of carbonyl (C=O) groups excluding carboxylic acids is 2. The first-order valence-corrected chi connectivity index (χ1v) is 9.70. The van der Waals surface area contributed by atoms with Crippen molar-refractivity contribution < 1.29 is 22.7 Å². The van der Waals surface area contributed by atoms with Gasteiger partial charge in [-0.2, -0.15) is 0 Å². The number of aryl methyl sites for hydroxylation is 1. The lowest BCUT2D eigenvalue weighted by atomic mass is 9.90. The van der Waals surface area contributed by atoms with E-state index in [9.17, 15) is 18.0 Å². The van der Waals surface area contributed by atoms with E-state index < -0.39 is 27.5 Å². The average molecular weight is 360 g/mol. The first-order chi connectivity index (χ1) is 11.7. The molecule has 2 aromatic carbocycles. The molecule has 1 atom stereocenters. The molecule has 2 aromatic rings. The van der Waals surface area contributed by atoms with E-state index in [1.165, 1.54) is 24.3 Å². The standard InChI is InChI=1S/C19H20O5S/c1-4-24-19(21)17(14-7-5-13(2)6-8-14)18(20)15-9-11-16(12-10-15)25(3,22)23/h5-12,17H,4H2,1-3H3. The van der Waals surface area contributed by atoms with Crippen molar-refractivity contribution >= 4 is 21.6 Å². The number of Topliss-reactive ketones (excluding diaryl/α,β-unsaturated/α-hetero) is 1. The second-order valence-corrected chi connectivity index (χ2v) is 7.77. The molecule has 0 amide bonds. The Bertz CT molecular complexity index is 865. The van der Waals surface area contributed by atoms with Crippen molar-refractivity contribution in [2.45, 2.75) is 24.7 Å². The number of ether oxygens (including phenoxy) is 1. The van der Waals surface area contributed by atoms with E-state index in [1.54, 1.807) is 19.1 Å². The van der Waals surface area contributed by atoms with E-state index in [1.807, 2.05) is 19.1 Å². The lowest BCUT2D eigenvalue weighted by Gasteiger charge is -2.15. The van der Waals surface area contributed by atoms with E-state index in [0.29, 0.717) is 5.56 Å². The Balaban J connectivity index is 2.41. The summed E-state index contributed by atoms with van der Waals surface area (Å²) in [6.07, 6.45) is 1.09. The van der Waals surface area contributed by atoms with Crippen LogP contribution in [0.25, 0.3) is 0 Å². The highest BCUT2D eigenvalue weighted by atomic mass is 32.2. The zero-order valence-corrected chi connectivity index (χ0v) is 15.2. The summed E-state index contributed by atoms with van der Waals surface area (Å²) in [7, 11) is -3.35. The minimum absolute atomic E-state index is 0.118. The Hall–Kier alpha value is -2.47. The van der Waals surface area contributed by atoms with Gasteiger partial charge in [0.2, 0.25) is 0 Å². The minimum atomic E-state index is -3.35. The van der Waals surface area contributed by atoms with Crippen LogP contribution in [0.4, 0.5) is 0 Å². The van der Waals surface area contributed by atoms with Crippen molar-refractivity contribution in [2.24, 2.45) is 0 Å². The normalized spacial score (nSPS) is 12.4. The predicted molar refractivity (Wildman–Crippen MR) is 94.4 cm³/mol. The van der Waals surface area contributed by atoms with Crippen LogP contribution in [0.15, 0.2) is 53.4 Å². The molecule has 0 spiro atoms. The summed E-state index contributed by atoms with van der Waals surface area (Å²) >= 11 is 0. The SMILES string of the molecule is CCOC(=O)C(C(=O)c1ccc(S(C)(=O)=O)cc1)c1ccc(C)cc1. The van der Waals surface area contributed by atoms with Gasteiger partial charge in [-0.05, 0) is 31.5 Å². The lowest BCUT2D eigenvalue weighted by Crippen LogP contribution is -2.24. The summed E-state index contributed by atoms with van der Waals surface area (Å²) in [6, 6.07) is 12.6. The number of benzene rings is 2. The summed E-state index contributed by atoms with van der Waals surface area (Å²) < 4.78 is 28.1. The van der Waals surface area contributed by atoms with Crippen molar-refractivity contribution in [3.05, 3.63) is 65.2 Å². The first kappa shape index (κ1) is 18.9. The lowest BCUT2D eigenvalue weighted by molar-refractivity contribution is -0.143. The number of hydrogen-bond donors (Lipinski definition) is 0. The fourth-order valence-corrected chi connectivity index (χ4v) is 3.04. The van der Waals surface area contributed by atoms with E-state index >= 15 is 0 Å². The Morgan fingerprint density at radius 3 is 2.04 bits per heavy atom. The van der Waals surface area contributed by atoms with Crippen LogP contribution in [0.3, 0.4) is 0 Å². The van der Waals surface area contributed by atoms with Gasteiger partial charge in [0.05, 0.1) is 11.5 Å². The first-order valence-electron chi connectivity index (χ1n) is 7.81. The molecule has 132 valence electrons.